The van der Waals surface area contributed by atoms with Crippen LogP contribution in [0.4, 0.5) is 0 Å². The summed E-state index contributed by atoms with van der Waals surface area (Å²) in [5.74, 6) is 1.03. The molecule has 2 heterocycles. The molecule has 1 N–H and O–H groups in total. The summed E-state index contributed by atoms with van der Waals surface area (Å²) in [6.07, 6.45) is 9.01. The van der Waals surface area contributed by atoms with Crippen LogP contribution in [0.1, 0.15) is 50.8 Å². The maximum absolute atomic E-state index is 12.3. The van der Waals surface area contributed by atoms with Crippen LogP contribution < -0.4 is 5.32 Å². The number of hydrogen-bond acceptors (Lipinski definition) is 3. The second-order valence-corrected chi connectivity index (χ2v) is 6.43. The summed E-state index contributed by atoms with van der Waals surface area (Å²) in [5, 5.41) is 7.88. The van der Waals surface area contributed by atoms with E-state index in [9.17, 15) is 4.79 Å². The van der Waals surface area contributed by atoms with E-state index in [4.69, 9.17) is 0 Å². The monoisotopic (exact) mass is 275 g/mol. The first-order valence-corrected chi connectivity index (χ1v) is 8.01. The Labute approximate surface area is 120 Å². The van der Waals surface area contributed by atoms with Crippen molar-refractivity contribution in [3.63, 3.8) is 0 Å². The molecule has 3 rings (SSSR count). The molecule has 1 saturated heterocycles. The molecule has 110 valence electrons. The first-order chi connectivity index (χ1) is 9.74. The molecule has 2 aliphatic rings. The summed E-state index contributed by atoms with van der Waals surface area (Å²) in [6, 6.07) is 2.58. The predicted molar refractivity (Wildman–Crippen MR) is 78.6 cm³/mol. The van der Waals surface area contributed by atoms with E-state index in [2.05, 4.69) is 28.2 Å². The van der Waals surface area contributed by atoms with Crippen LogP contribution in [0.2, 0.25) is 0 Å². The minimum absolute atomic E-state index is 0.163. The van der Waals surface area contributed by atoms with Crippen molar-refractivity contribution in [2.45, 2.75) is 51.5 Å². The molecule has 1 atom stereocenters. The smallest absolute Gasteiger partial charge is 0.142 e. The van der Waals surface area contributed by atoms with Crippen LogP contribution in [-0.2, 0) is 11.2 Å². The molecule has 1 aromatic rings. The molecular formula is C16H25N3O. The van der Waals surface area contributed by atoms with Crippen LogP contribution in [0.3, 0.4) is 0 Å². The molecule has 0 amide bonds. The number of rotatable bonds is 5. The second kappa shape index (κ2) is 6.08. The number of Topliss-reactive ketones (excluding diaryl/α,β-unsaturated/α-hetero) is 1. The van der Waals surface area contributed by atoms with Gasteiger partial charge in [-0.2, -0.15) is 5.10 Å². The van der Waals surface area contributed by atoms with Gasteiger partial charge in [0.05, 0.1) is 18.2 Å². The van der Waals surface area contributed by atoms with Crippen LogP contribution in [0.5, 0.6) is 0 Å². The van der Waals surface area contributed by atoms with Gasteiger partial charge in [-0.05, 0) is 37.9 Å². The molecule has 1 aliphatic carbocycles. The zero-order valence-electron chi connectivity index (χ0n) is 12.3. The SMILES string of the molecule is CC(C(=O)Cc1ccn(C2CCCCC2)n1)C1CNC1. The fourth-order valence-electron chi connectivity index (χ4n) is 3.29. The lowest BCUT2D eigenvalue weighted by Gasteiger charge is -2.31. The molecule has 2 fully saturated rings. The molecule has 0 aromatic carbocycles. The average molecular weight is 275 g/mol. The lowest BCUT2D eigenvalue weighted by atomic mass is 9.84. The van der Waals surface area contributed by atoms with Crippen molar-refractivity contribution in [1.29, 1.82) is 0 Å². The van der Waals surface area contributed by atoms with Crippen molar-refractivity contribution < 1.29 is 4.79 Å². The minimum Gasteiger partial charge on any atom is -0.316 e. The molecule has 0 bridgehead atoms. The van der Waals surface area contributed by atoms with Gasteiger partial charge in [0.15, 0.2) is 0 Å². The summed E-state index contributed by atoms with van der Waals surface area (Å²) in [6.45, 7) is 4.04. The van der Waals surface area contributed by atoms with Gasteiger partial charge in [-0.15, -0.1) is 0 Å². The second-order valence-electron chi connectivity index (χ2n) is 6.43. The number of nitrogens with zero attached hydrogens (tertiary/aromatic N) is 2. The van der Waals surface area contributed by atoms with Crippen LogP contribution in [-0.4, -0.2) is 28.7 Å². The zero-order valence-corrected chi connectivity index (χ0v) is 12.3. The van der Waals surface area contributed by atoms with E-state index < -0.39 is 0 Å². The van der Waals surface area contributed by atoms with Gasteiger partial charge in [0.2, 0.25) is 0 Å². The van der Waals surface area contributed by atoms with E-state index in [-0.39, 0.29) is 5.92 Å². The summed E-state index contributed by atoms with van der Waals surface area (Å²) in [5.41, 5.74) is 0.944. The molecule has 0 spiro atoms. The topological polar surface area (TPSA) is 46.9 Å². The van der Waals surface area contributed by atoms with Crippen molar-refractivity contribution >= 4 is 5.78 Å². The Balaban J connectivity index is 1.57. The number of aromatic nitrogens is 2. The number of carbonyl (C=O) groups is 1. The van der Waals surface area contributed by atoms with E-state index in [1.807, 2.05) is 6.07 Å². The average Bonchev–Trinajstić information content (AvgIpc) is 2.86. The van der Waals surface area contributed by atoms with Gasteiger partial charge < -0.3 is 5.32 Å². The highest BCUT2D eigenvalue weighted by Gasteiger charge is 2.28. The molecule has 4 heteroatoms. The van der Waals surface area contributed by atoms with Crippen LogP contribution in [0.25, 0.3) is 0 Å². The maximum atomic E-state index is 12.3. The normalized spacial score (nSPS) is 22.4. The van der Waals surface area contributed by atoms with E-state index in [1.54, 1.807) is 0 Å². The summed E-state index contributed by atoms with van der Waals surface area (Å²) in [7, 11) is 0. The quantitative estimate of drug-likeness (QED) is 0.897. The highest BCUT2D eigenvalue weighted by molar-refractivity contribution is 5.83. The van der Waals surface area contributed by atoms with Crippen LogP contribution in [0, 0.1) is 11.8 Å². The third-order valence-electron chi connectivity index (χ3n) is 5.00. The van der Waals surface area contributed by atoms with E-state index in [1.165, 1.54) is 32.1 Å². The Kier molecular flexibility index (Phi) is 4.20. The predicted octanol–water partition coefficient (Wildman–Crippen LogP) is 2.36. The third-order valence-corrected chi connectivity index (χ3v) is 5.00. The Morgan fingerprint density at radius 1 is 1.40 bits per heavy atom. The lowest BCUT2D eigenvalue weighted by Crippen LogP contribution is -2.47. The molecule has 0 radical (unpaired) electrons. The van der Waals surface area contributed by atoms with E-state index >= 15 is 0 Å². The number of ketones is 1. The van der Waals surface area contributed by atoms with Crippen LogP contribution in [0.15, 0.2) is 12.3 Å². The molecule has 1 aliphatic heterocycles. The maximum Gasteiger partial charge on any atom is 0.142 e. The third kappa shape index (κ3) is 2.95. The van der Waals surface area contributed by atoms with Crippen molar-refractivity contribution in [1.82, 2.24) is 15.1 Å². The Morgan fingerprint density at radius 3 is 2.80 bits per heavy atom. The molecular weight excluding hydrogens is 250 g/mol. The summed E-state index contributed by atoms with van der Waals surface area (Å²) >= 11 is 0. The fraction of sp³-hybridized carbons (Fsp3) is 0.750. The fourth-order valence-corrected chi connectivity index (χ4v) is 3.29. The first kappa shape index (κ1) is 13.8. The molecule has 1 saturated carbocycles. The van der Waals surface area contributed by atoms with Gasteiger partial charge in [-0.1, -0.05) is 26.2 Å². The highest BCUT2D eigenvalue weighted by Crippen LogP contribution is 2.27. The highest BCUT2D eigenvalue weighted by atomic mass is 16.1. The van der Waals surface area contributed by atoms with Crippen molar-refractivity contribution in [3.05, 3.63) is 18.0 Å². The lowest BCUT2D eigenvalue weighted by molar-refractivity contribution is -0.123. The van der Waals surface area contributed by atoms with Gasteiger partial charge in [-0.25, -0.2) is 0 Å². The Morgan fingerprint density at radius 2 is 2.15 bits per heavy atom. The van der Waals surface area contributed by atoms with Gasteiger partial charge in [-0.3, -0.25) is 9.48 Å². The first-order valence-electron chi connectivity index (χ1n) is 8.01. The van der Waals surface area contributed by atoms with Crippen molar-refractivity contribution in [2.75, 3.05) is 13.1 Å². The molecule has 1 aromatic heterocycles. The Hall–Kier alpha value is -1.16. The standard InChI is InChI=1S/C16H25N3O/c1-12(13-10-17-11-13)16(20)9-14-7-8-19(18-14)15-5-3-2-4-6-15/h7-8,12-13,15,17H,2-6,9-11H2,1H3. The molecule has 4 nitrogen and oxygen atoms in total. The largest absolute Gasteiger partial charge is 0.316 e. The van der Waals surface area contributed by atoms with Crippen molar-refractivity contribution in [3.8, 4) is 0 Å². The summed E-state index contributed by atoms with van der Waals surface area (Å²) in [4.78, 5) is 12.3. The number of carbonyl (C=O) groups excluding carboxylic acids is 1. The molecule has 1 unspecified atom stereocenters. The van der Waals surface area contributed by atoms with Gasteiger partial charge in [0.1, 0.15) is 5.78 Å². The van der Waals surface area contributed by atoms with Gasteiger partial charge in [0.25, 0.3) is 0 Å². The Bertz CT molecular complexity index is 458. The number of hydrogen-bond donors (Lipinski definition) is 1. The van der Waals surface area contributed by atoms with E-state index in [0.717, 1.165) is 18.8 Å². The van der Waals surface area contributed by atoms with Crippen LogP contribution >= 0.6 is 0 Å². The molecule has 20 heavy (non-hydrogen) atoms. The van der Waals surface area contributed by atoms with Crippen molar-refractivity contribution in [2.24, 2.45) is 11.8 Å². The summed E-state index contributed by atoms with van der Waals surface area (Å²) < 4.78 is 2.09. The van der Waals surface area contributed by atoms with Gasteiger partial charge >= 0.3 is 0 Å². The number of nitrogens with one attached hydrogen (secondary N) is 1. The van der Waals surface area contributed by atoms with E-state index in [0.29, 0.717) is 24.2 Å². The van der Waals surface area contributed by atoms with Gasteiger partial charge in [0, 0.05) is 12.1 Å². The zero-order chi connectivity index (χ0) is 13.9. The minimum atomic E-state index is 0.163.